The Balaban J connectivity index is 1.58. The predicted molar refractivity (Wildman–Crippen MR) is 94.8 cm³/mol. The van der Waals surface area contributed by atoms with Gasteiger partial charge in [-0.25, -0.2) is 0 Å². The Labute approximate surface area is 141 Å². The lowest BCUT2D eigenvalue weighted by molar-refractivity contribution is 0.104. The molecule has 0 saturated heterocycles. The van der Waals surface area contributed by atoms with Gasteiger partial charge in [0.2, 0.25) is 0 Å². The van der Waals surface area contributed by atoms with Crippen molar-refractivity contribution >= 4 is 11.9 Å². The van der Waals surface area contributed by atoms with Crippen LogP contribution in [0.2, 0.25) is 0 Å². The first-order chi connectivity index (χ1) is 11.8. The summed E-state index contributed by atoms with van der Waals surface area (Å²) in [6.45, 7) is 0.537. The molecule has 1 aromatic heterocycles. The van der Waals surface area contributed by atoms with E-state index in [0.717, 1.165) is 16.9 Å². The van der Waals surface area contributed by atoms with E-state index < -0.39 is 0 Å². The first-order valence-corrected chi connectivity index (χ1v) is 7.70. The van der Waals surface area contributed by atoms with Crippen LogP contribution in [0, 0.1) is 0 Å². The van der Waals surface area contributed by atoms with E-state index in [1.165, 1.54) is 0 Å². The lowest BCUT2D eigenvalue weighted by atomic mass is 10.1. The molecule has 3 rings (SSSR count). The van der Waals surface area contributed by atoms with E-state index in [9.17, 15) is 4.79 Å². The summed E-state index contributed by atoms with van der Waals surface area (Å²) >= 11 is 0. The van der Waals surface area contributed by atoms with Crippen LogP contribution in [0.25, 0.3) is 6.08 Å². The molecule has 0 fully saturated rings. The average Bonchev–Trinajstić information content (AvgIpc) is 2.67. The summed E-state index contributed by atoms with van der Waals surface area (Å²) in [5, 5.41) is 0. The van der Waals surface area contributed by atoms with Gasteiger partial charge in [-0.1, -0.05) is 48.5 Å². The summed E-state index contributed by atoms with van der Waals surface area (Å²) in [5.41, 5.74) is 2.65. The number of hydrogen-bond donors (Lipinski definition) is 0. The predicted octanol–water partition coefficient (Wildman–Crippen LogP) is 4.56. The third kappa shape index (κ3) is 4.40. The molecular weight excluding hydrogens is 298 g/mol. The lowest BCUT2D eigenvalue weighted by Crippen LogP contribution is -1.95. The zero-order valence-corrected chi connectivity index (χ0v) is 13.1. The molecule has 118 valence electrons. The Morgan fingerprint density at radius 1 is 0.958 bits per heavy atom. The van der Waals surface area contributed by atoms with Gasteiger partial charge >= 0.3 is 0 Å². The van der Waals surface area contributed by atoms with E-state index in [-0.39, 0.29) is 5.78 Å². The molecule has 0 unspecified atom stereocenters. The van der Waals surface area contributed by atoms with Gasteiger partial charge < -0.3 is 4.74 Å². The minimum Gasteiger partial charge on any atom is -0.489 e. The minimum absolute atomic E-state index is 0.0625. The Morgan fingerprint density at radius 3 is 2.46 bits per heavy atom. The van der Waals surface area contributed by atoms with Gasteiger partial charge in [0.15, 0.2) is 5.78 Å². The van der Waals surface area contributed by atoms with Crippen molar-refractivity contribution in [2.45, 2.75) is 6.61 Å². The Morgan fingerprint density at radius 2 is 1.75 bits per heavy atom. The number of rotatable bonds is 6. The summed E-state index contributed by atoms with van der Waals surface area (Å²) in [7, 11) is 0. The molecule has 0 spiro atoms. The molecule has 24 heavy (non-hydrogen) atoms. The normalized spacial score (nSPS) is 10.7. The summed E-state index contributed by atoms with van der Waals surface area (Å²) < 4.78 is 5.74. The van der Waals surface area contributed by atoms with Crippen LogP contribution >= 0.6 is 0 Å². The van der Waals surface area contributed by atoms with Gasteiger partial charge in [0.25, 0.3) is 0 Å². The van der Waals surface area contributed by atoms with Crippen LogP contribution in [0.1, 0.15) is 21.5 Å². The van der Waals surface area contributed by atoms with Gasteiger partial charge in [0, 0.05) is 18.0 Å². The maximum absolute atomic E-state index is 12.0. The highest BCUT2D eigenvalue weighted by atomic mass is 16.5. The summed E-state index contributed by atoms with van der Waals surface area (Å²) in [6, 6.07) is 21.2. The zero-order chi connectivity index (χ0) is 16.6. The number of aromatic nitrogens is 1. The second-order valence-electron chi connectivity index (χ2n) is 5.28. The molecule has 0 radical (unpaired) electrons. The summed E-state index contributed by atoms with van der Waals surface area (Å²) in [5.74, 6) is 0.738. The van der Waals surface area contributed by atoms with Crippen LogP contribution in [0.15, 0.2) is 85.2 Å². The second-order valence-corrected chi connectivity index (χ2v) is 5.28. The van der Waals surface area contributed by atoms with Crippen molar-refractivity contribution in [3.8, 4) is 5.75 Å². The molecule has 0 atom stereocenters. The van der Waals surface area contributed by atoms with Crippen molar-refractivity contribution < 1.29 is 9.53 Å². The molecule has 3 nitrogen and oxygen atoms in total. The number of hydrogen-bond acceptors (Lipinski definition) is 3. The van der Waals surface area contributed by atoms with E-state index in [1.54, 1.807) is 36.7 Å². The van der Waals surface area contributed by atoms with Gasteiger partial charge in [-0.3, -0.25) is 9.78 Å². The first-order valence-electron chi connectivity index (χ1n) is 7.70. The monoisotopic (exact) mass is 315 g/mol. The van der Waals surface area contributed by atoms with E-state index in [1.807, 2.05) is 54.6 Å². The van der Waals surface area contributed by atoms with E-state index >= 15 is 0 Å². The molecule has 0 N–H and O–H groups in total. The Hall–Kier alpha value is -3.20. The molecule has 0 saturated carbocycles. The fourth-order valence-corrected chi connectivity index (χ4v) is 2.19. The van der Waals surface area contributed by atoms with Gasteiger partial charge in [-0.15, -0.1) is 0 Å². The van der Waals surface area contributed by atoms with Gasteiger partial charge in [-0.2, -0.15) is 0 Å². The molecule has 0 bridgehead atoms. The third-order valence-electron chi connectivity index (χ3n) is 3.50. The third-order valence-corrected chi connectivity index (χ3v) is 3.50. The van der Waals surface area contributed by atoms with Crippen molar-refractivity contribution in [3.05, 3.63) is 102 Å². The quantitative estimate of drug-likeness (QED) is 0.494. The molecule has 0 amide bonds. The minimum atomic E-state index is -0.0625. The topological polar surface area (TPSA) is 39.2 Å². The smallest absolute Gasteiger partial charge is 0.187 e. The Kier molecular flexibility index (Phi) is 5.15. The van der Waals surface area contributed by atoms with Crippen LogP contribution in [-0.4, -0.2) is 10.8 Å². The number of pyridine rings is 1. The van der Waals surface area contributed by atoms with Crippen molar-refractivity contribution in [2.75, 3.05) is 0 Å². The molecule has 1 heterocycles. The number of ketones is 1. The zero-order valence-electron chi connectivity index (χ0n) is 13.1. The molecule has 0 aliphatic heterocycles. The number of carbonyl (C=O) groups is 1. The van der Waals surface area contributed by atoms with E-state index in [2.05, 4.69) is 4.98 Å². The van der Waals surface area contributed by atoms with Gasteiger partial charge in [0.05, 0.1) is 0 Å². The number of nitrogens with zero attached hydrogens (tertiary/aromatic N) is 1. The molecular formula is C21H17NO2. The fraction of sp³-hybridized carbons (Fsp3) is 0.0476. The number of allylic oxidation sites excluding steroid dienone is 1. The van der Waals surface area contributed by atoms with Crippen LogP contribution in [-0.2, 0) is 6.61 Å². The Bertz CT molecular complexity index is 809. The highest BCUT2D eigenvalue weighted by molar-refractivity contribution is 6.06. The molecule has 0 aliphatic carbocycles. The highest BCUT2D eigenvalue weighted by Crippen LogP contribution is 2.15. The second kappa shape index (κ2) is 7.88. The van der Waals surface area contributed by atoms with E-state index in [0.29, 0.717) is 12.2 Å². The summed E-state index contributed by atoms with van der Waals surface area (Å²) in [4.78, 5) is 15.9. The van der Waals surface area contributed by atoms with Crippen LogP contribution in [0.3, 0.4) is 0 Å². The van der Waals surface area contributed by atoms with E-state index in [4.69, 9.17) is 4.74 Å². The lowest BCUT2D eigenvalue weighted by Gasteiger charge is -2.06. The largest absolute Gasteiger partial charge is 0.489 e. The van der Waals surface area contributed by atoms with Gasteiger partial charge in [-0.05, 0) is 41.5 Å². The van der Waals surface area contributed by atoms with Crippen molar-refractivity contribution in [1.82, 2.24) is 4.98 Å². The van der Waals surface area contributed by atoms with Crippen LogP contribution < -0.4 is 4.74 Å². The highest BCUT2D eigenvalue weighted by Gasteiger charge is 2.00. The number of benzene rings is 2. The SMILES string of the molecule is O=C(C=Cc1ccc(OCc2ccccc2)cc1)c1cccnc1. The molecule has 3 heteroatoms. The van der Waals surface area contributed by atoms with Crippen molar-refractivity contribution in [1.29, 1.82) is 0 Å². The first kappa shape index (κ1) is 15.7. The maximum Gasteiger partial charge on any atom is 0.187 e. The molecule has 0 aliphatic rings. The van der Waals surface area contributed by atoms with Gasteiger partial charge in [0.1, 0.15) is 12.4 Å². The number of carbonyl (C=O) groups excluding carboxylic acids is 1. The van der Waals surface area contributed by atoms with Crippen LogP contribution in [0.5, 0.6) is 5.75 Å². The maximum atomic E-state index is 12.0. The molecule has 3 aromatic rings. The van der Waals surface area contributed by atoms with Crippen molar-refractivity contribution in [2.24, 2.45) is 0 Å². The number of ether oxygens (including phenoxy) is 1. The molecule has 2 aromatic carbocycles. The van der Waals surface area contributed by atoms with Crippen LogP contribution in [0.4, 0.5) is 0 Å². The standard InChI is InChI=1S/C21H17NO2/c23-21(19-7-4-14-22-15-19)13-10-17-8-11-20(12-9-17)24-16-18-5-2-1-3-6-18/h1-15H,16H2. The average molecular weight is 315 g/mol. The van der Waals surface area contributed by atoms with Crippen molar-refractivity contribution in [3.63, 3.8) is 0 Å². The fourth-order valence-electron chi connectivity index (χ4n) is 2.19. The summed E-state index contributed by atoms with van der Waals surface area (Å²) in [6.07, 6.45) is 6.55.